The Kier molecular flexibility index (Phi) is 5.02. The molecular weight excluding hydrogens is 363 g/mol. The quantitative estimate of drug-likeness (QED) is 0.710. The minimum absolute atomic E-state index is 0.190. The zero-order valence-electron chi connectivity index (χ0n) is 14.7. The molecular formula is C16H18F3N7O. The van der Waals surface area contributed by atoms with E-state index in [9.17, 15) is 18.0 Å². The predicted octanol–water partition coefficient (Wildman–Crippen LogP) is 2.31. The largest absolute Gasteiger partial charge is 0.433 e. The summed E-state index contributed by atoms with van der Waals surface area (Å²) in [4.78, 5) is 12.1. The van der Waals surface area contributed by atoms with E-state index in [1.165, 1.54) is 13.1 Å². The van der Waals surface area contributed by atoms with Crippen molar-refractivity contribution in [2.45, 2.75) is 39.7 Å². The van der Waals surface area contributed by atoms with Crippen molar-refractivity contribution in [1.29, 1.82) is 0 Å². The number of anilines is 1. The zero-order chi connectivity index (χ0) is 19.6. The molecule has 8 nitrogen and oxygen atoms in total. The summed E-state index contributed by atoms with van der Waals surface area (Å²) in [7, 11) is 0. The Bertz CT molecular complexity index is 938. The Morgan fingerprint density at radius 2 is 1.93 bits per heavy atom. The maximum absolute atomic E-state index is 13.0. The van der Waals surface area contributed by atoms with Gasteiger partial charge in [0.25, 0.3) is 0 Å². The lowest BCUT2D eigenvalue weighted by Gasteiger charge is -2.09. The number of amides is 1. The Balaban J connectivity index is 1.63. The summed E-state index contributed by atoms with van der Waals surface area (Å²) in [5.74, 6) is -0.623. The summed E-state index contributed by atoms with van der Waals surface area (Å²) in [6, 6.07) is 0.905. The van der Waals surface area contributed by atoms with Crippen molar-refractivity contribution in [3.05, 3.63) is 47.8 Å². The smallest absolute Gasteiger partial charge is 0.322 e. The molecule has 0 atom stereocenters. The molecule has 0 fully saturated rings. The van der Waals surface area contributed by atoms with Crippen molar-refractivity contribution in [3.63, 3.8) is 0 Å². The van der Waals surface area contributed by atoms with Crippen LogP contribution in [0.1, 0.15) is 23.9 Å². The zero-order valence-corrected chi connectivity index (χ0v) is 14.7. The summed E-state index contributed by atoms with van der Waals surface area (Å²) in [5.41, 5.74) is 0.564. The van der Waals surface area contributed by atoms with Crippen molar-refractivity contribution in [2.75, 3.05) is 5.32 Å². The summed E-state index contributed by atoms with van der Waals surface area (Å²) >= 11 is 0. The fourth-order valence-corrected chi connectivity index (χ4v) is 2.59. The van der Waals surface area contributed by atoms with Crippen molar-refractivity contribution in [1.82, 2.24) is 29.3 Å². The van der Waals surface area contributed by atoms with Gasteiger partial charge in [-0.2, -0.15) is 28.5 Å². The van der Waals surface area contributed by atoms with Crippen molar-refractivity contribution in [2.24, 2.45) is 0 Å². The van der Waals surface area contributed by atoms with E-state index in [4.69, 9.17) is 0 Å². The van der Waals surface area contributed by atoms with E-state index in [0.29, 0.717) is 16.9 Å². The number of nitrogens with one attached hydrogen (secondary N) is 1. The van der Waals surface area contributed by atoms with Gasteiger partial charge >= 0.3 is 6.18 Å². The van der Waals surface area contributed by atoms with Crippen LogP contribution in [0.15, 0.2) is 30.9 Å². The van der Waals surface area contributed by atoms with Crippen LogP contribution in [0.3, 0.4) is 0 Å². The summed E-state index contributed by atoms with van der Waals surface area (Å²) in [6.45, 7) is 4.09. The van der Waals surface area contributed by atoms with E-state index in [-0.39, 0.29) is 5.69 Å². The number of hydrogen-bond acceptors (Lipinski definition) is 4. The summed E-state index contributed by atoms with van der Waals surface area (Å²) in [5, 5.41) is 14.6. The number of rotatable bonds is 6. The highest BCUT2D eigenvalue weighted by Gasteiger charge is 2.35. The van der Waals surface area contributed by atoms with Crippen molar-refractivity contribution >= 4 is 11.6 Å². The van der Waals surface area contributed by atoms with Gasteiger partial charge in [-0.1, -0.05) is 0 Å². The van der Waals surface area contributed by atoms with Crippen LogP contribution < -0.4 is 5.32 Å². The number of carbonyl (C=O) groups is 1. The highest BCUT2D eigenvalue weighted by molar-refractivity contribution is 5.90. The normalized spacial score (nSPS) is 11.7. The monoisotopic (exact) mass is 381 g/mol. The van der Waals surface area contributed by atoms with Gasteiger partial charge in [-0.3, -0.25) is 18.8 Å². The highest BCUT2D eigenvalue weighted by Crippen LogP contribution is 2.29. The fraction of sp³-hybridized carbons (Fsp3) is 0.375. The molecule has 3 aromatic rings. The number of aryl methyl sites for hydroxylation is 2. The SMILES string of the molecule is CCn1cc(Cn2cc(NC(=O)Cn3nc(C)cc3C(F)(F)F)cn2)cn1. The number of aromatic nitrogens is 6. The molecule has 1 amide bonds. The number of hydrogen-bond donors (Lipinski definition) is 1. The lowest BCUT2D eigenvalue weighted by molar-refractivity contribution is -0.144. The van der Waals surface area contributed by atoms with Crippen LogP contribution in [0.25, 0.3) is 0 Å². The molecule has 0 radical (unpaired) electrons. The Hall–Kier alpha value is -3.11. The van der Waals surface area contributed by atoms with Gasteiger partial charge in [-0.25, -0.2) is 0 Å². The third kappa shape index (κ3) is 4.54. The molecule has 0 aliphatic heterocycles. The lowest BCUT2D eigenvalue weighted by atomic mass is 10.3. The molecule has 0 aliphatic carbocycles. The molecule has 0 aromatic carbocycles. The number of nitrogens with zero attached hydrogens (tertiary/aromatic N) is 6. The molecule has 11 heteroatoms. The standard InChI is InChI=1S/C16H18F3N7O/c1-3-24-7-12(5-20-24)8-25-9-13(6-21-25)22-15(27)10-26-14(16(17,18)19)4-11(2)23-26/h4-7,9H,3,8,10H2,1-2H3,(H,22,27). The second-order valence-electron chi connectivity index (χ2n) is 6.01. The molecule has 27 heavy (non-hydrogen) atoms. The third-order valence-electron chi connectivity index (χ3n) is 3.76. The Morgan fingerprint density at radius 1 is 1.19 bits per heavy atom. The van der Waals surface area contributed by atoms with E-state index in [2.05, 4.69) is 20.6 Å². The van der Waals surface area contributed by atoms with Crippen molar-refractivity contribution in [3.8, 4) is 0 Å². The molecule has 0 saturated carbocycles. The Morgan fingerprint density at radius 3 is 2.59 bits per heavy atom. The van der Waals surface area contributed by atoms with Gasteiger partial charge in [0.1, 0.15) is 12.2 Å². The van der Waals surface area contributed by atoms with Crippen molar-refractivity contribution < 1.29 is 18.0 Å². The first-order valence-corrected chi connectivity index (χ1v) is 8.20. The highest BCUT2D eigenvalue weighted by atomic mass is 19.4. The Labute approximate surface area is 152 Å². The molecule has 0 unspecified atom stereocenters. The van der Waals surface area contributed by atoms with Gasteiger partial charge in [0.05, 0.1) is 30.3 Å². The molecule has 0 bridgehead atoms. The third-order valence-corrected chi connectivity index (χ3v) is 3.76. The van der Waals surface area contributed by atoms with Crippen LogP contribution in [0, 0.1) is 6.92 Å². The molecule has 0 saturated heterocycles. The number of carbonyl (C=O) groups excluding carboxylic acids is 1. The van der Waals surface area contributed by atoms with E-state index >= 15 is 0 Å². The first kappa shape index (κ1) is 18.7. The van der Waals surface area contributed by atoms with Crippen LogP contribution in [0.5, 0.6) is 0 Å². The van der Waals surface area contributed by atoms with Crippen LogP contribution in [-0.4, -0.2) is 35.2 Å². The average Bonchev–Trinajstić information content (AvgIpc) is 3.28. The molecule has 3 heterocycles. The summed E-state index contributed by atoms with van der Waals surface area (Å²) < 4.78 is 42.9. The average molecular weight is 381 g/mol. The van der Waals surface area contributed by atoms with Crippen LogP contribution in [0.4, 0.5) is 18.9 Å². The molecule has 0 aliphatic rings. The lowest BCUT2D eigenvalue weighted by Crippen LogP contribution is -2.23. The minimum Gasteiger partial charge on any atom is -0.322 e. The maximum atomic E-state index is 13.0. The first-order chi connectivity index (χ1) is 12.7. The molecule has 144 valence electrons. The van der Waals surface area contributed by atoms with E-state index < -0.39 is 24.3 Å². The second kappa shape index (κ2) is 7.25. The van der Waals surface area contributed by atoms with E-state index in [1.807, 2.05) is 13.1 Å². The number of halogens is 3. The van der Waals surface area contributed by atoms with Crippen LogP contribution in [-0.2, 0) is 30.6 Å². The molecule has 0 spiro atoms. The molecule has 3 aromatic heterocycles. The van der Waals surface area contributed by atoms with Gasteiger partial charge in [-0.05, 0) is 19.9 Å². The van der Waals surface area contributed by atoms with Gasteiger partial charge in [0, 0.05) is 24.5 Å². The topological polar surface area (TPSA) is 82.6 Å². The first-order valence-electron chi connectivity index (χ1n) is 8.20. The predicted molar refractivity (Wildman–Crippen MR) is 89.8 cm³/mol. The molecule has 3 rings (SSSR count). The van der Waals surface area contributed by atoms with Crippen LogP contribution >= 0.6 is 0 Å². The van der Waals surface area contributed by atoms with Gasteiger partial charge in [0.2, 0.25) is 5.91 Å². The molecule has 1 N–H and O–H groups in total. The van der Waals surface area contributed by atoms with Gasteiger partial charge in [-0.15, -0.1) is 0 Å². The van der Waals surface area contributed by atoms with Gasteiger partial charge in [0.15, 0.2) is 0 Å². The van der Waals surface area contributed by atoms with E-state index in [0.717, 1.165) is 18.2 Å². The summed E-state index contributed by atoms with van der Waals surface area (Å²) in [6.07, 6.45) is 2.07. The van der Waals surface area contributed by atoms with Gasteiger partial charge < -0.3 is 5.32 Å². The van der Waals surface area contributed by atoms with E-state index in [1.54, 1.807) is 21.8 Å². The number of alkyl halides is 3. The van der Waals surface area contributed by atoms with Crippen LogP contribution in [0.2, 0.25) is 0 Å². The maximum Gasteiger partial charge on any atom is 0.433 e. The second-order valence-corrected chi connectivity index (χ2v) is 6.01. The minimum atomic E-state index is -4.57. The fourth-order valence-electron chi connectivity index (χ4n) is 2.59.